The van der Waals surface area contributed by atoms with E-state index in [-0.39, 0.29) is 11.9 Å². The summed E-state index contributed by atoms with van der Waals surface area (Å²) in [6.07, 6.45) is 3.31. The Morgan fingerprint density at radius 3 is 2.47 bits per heavy atom. The van der Waals surface area contributed by atoms with Crippen LogP contribution in [-0.2, 0) is 0 Å². The number of aryl methyl sites for hydroxylation is 1. The Labute approximate surface area is 116 Å². The molecule has 1 aliphatic carbocycles. The van der Waals surface area contributed by atoms with Crippen LogP contribution >= 0.6 is 0 Å². The van der Waals surface area contributed by atoms with Gasteiger partial charge in [0.15, 0.2) is 0 Å². The van der Waals surface area contributed by atoms with Crippen LogP contribution in [0.25, 0.3) is 0 Å². The van der Waals surface area contributed by atoms with Crippen LogP contribution in [0.3, 0.4) is 0 Å². The predicted molar refractivity (Wildman–Crippen MR) is 78.6 cm³/mol. The van der Waals surface area contributed by atoms with Crippen LogP contribution in [0.15, 0.2) is 18.2 Å². The first-order valence-corrected chi connectivity index (χ1v) is 7.30. The molecule has 1 nitrogen and oxygen atoms in total. The topological polar surface area (TPSA) is 26.0 Å². The summed E-state index contributed by atoms with van der Waals surface area (Å²) in [6, 6.07) is 5.78. The Hall–Kier alpha value is -0.890. The minimum atomic E-state index is -0.109. The molecule has 0 saturated heterocycles. The van der Waals surface area contributed by atoms with E-state index in [2.05, 4.69) is 20.8 Å². The van der Waals surface area contributed by atoms with E-state index in [4.69, 9.17) is 5.73 Å². The summed E-state index contributed by atoms with van der Waals surface area (Å²) >= 11 is 0. The Kier molecular flexibility index (Phi) is 4.00. The molecule has 0 bridgehead atoms. The molecule has 2 rings (SSSR count). The summed E-state index contributed by atoms with van der Waals surface area (Å²) in [5, 5.41) is 0. The van der Waals surface area contributed by atoms with Gasteiger partial charge in [-0.3, -0.25) is 0 Å². The third-order valence-electron chi connectivity index (χ3n) is 4.75. The van der Waals surface area contributed by atoms with Gasteiger partial charge in [0.25, 0.3) is 0 Å². The van der Waals surface area contributed by atoms with Gasteiger partial charge in [0.05, 0.1) is 0 Å². The molecule has 3 atom stereocenters. The van der Waals surface area contributed by atoms with E-state index in [1.54, 1.807) is 13.0 Å². The van der Waals surface area contributed by atoms with Gasteiger partial charge in [0.2, 0.25) is 0 Å². The highest BCUT2D eigenvalue weighted by atomic mass is 19.1. The second-order valence-electron chi connectivity index (χ2n) is 7.15. The average Bonchev–Trinajstić information content (AvgIpc) is 2.32. The fourth-order valence-electron chi connectivity index (χ4n) is 3.20. The normalized spacial score (nSPS) is 28.4. The Morgan fingerprint density at radius 2 is 1.89 bits per heavy atom. The van der Waals surface area contributed by atoms with E-state index >= 15 is 0 Å². The maximum absolute atomic E-state index is 13.8. The standard InChI is InChI=1S/C17H26FN/c1-11-5-6-12(9-15(11)18)14-10-13(17(2,3)4)7-8-16(14)19/h5-6,9,13-14,16H,7-8,10,19H2,1-4H3. The van der Waals surface area contributed by atoms with Crippen molar-refractivity contribution in [1.29, 1.82) is 0 Å². The first-order chi connectivity index (χ1) is 8.79. The molecule has 0 spiro atoms. The molecule has 0 amide bonds. The summed E-state index contributed by atoms with van der Waals surface area (Å²) in [5.41, 5.74) is 8.37. The highest BCUT2D eigenvalue weighted by molar-refractivity contribution is 5.28. The molecule has 19 heavy (non-hydrogen) atoms. The maximum atomic E-state index is 13.8. The van der Waals surface area contributed by atoms with Crippen molar-refractivity contribution < 1.29 is 4.39 Å². The number of hydrogen-bond acceptors (Lipinski definition) is 1. The van der Waals surface area contributed by atoms with Gasteiger partial charge in [-0.1, -0.05) is 32.9 Å². The summed E-state index contributed by atoms with van der Waals surface area (Å²) in [6.45, 7) is 8.68. The fourth-order valence-corrected chi connectivity index (χ4v) is 3.20. The fraction of sp³-hybridized carbons (Fsp3) is 0.647. The lowest BCUT2D eigenvalue weighted by atomic mass is 9.66. The van der Waals surface area contributed by atoms with E-state index in [0.29, 0.717) is 22.8 Å². The van der Waals surface area contributed by atoms with Gasteiger partial charge in [0, 0.05) is 6.04 Å². The molecule has 2 heteroatoms. The van der Waals surface area contributed by atoms with Crippen LogP contribution in [0.5, 0.6) is 0 Å². The molecule has 1 aromatic rings. The Morgan fingerprint density at radius 1 is 1.21 bits per heavy atom. The van der Waals surface area contributed by atoms with E-state index < -0.39 is 0 Å². The van der Waals surface area contributed by atoms with E-state index in [1.807, 2.05) is 12.1 Å². The zero-order valence-corrected chi connectivity index (χ0v) is 12.5. The van der Waals surface area contributed by atoms with Gasteiger partial charge in [-0.15, -0.1) is 0 Å². The third kappa shape index (κ3) is 3.17. The molecule has 1 aliphatic rings. The molecule has 1 fully saturated rings. The van der Waals surface area contributed by atoms with Crippen molar-refractivity contribution in [3.8, 4) is 0 Å². The molecule has 3 unspecified atom stereocenters. The average molecular weight is 263 g/mol. The molecule has 2 N–H and O–H groups in total. The summed E-state index contributed by atoms with van der Waals surface area (Å²) < 4.78 is 13.8. The first-order valence-electron chi connectivity index (χ1n) is 7.30. The number of nitrogens with two attached hydrogens (primary N) is 1. The minimum Gasteiger partial charge on any atom is -0.327 e. The number of halogens is 1. The summed E-state index contributed by atoms with van der Waals surface area (Å²) in [7, 11) is 0. The van der Waals surface area contributed by atoms with Crippen molar-refractivity contribution in [3.05, 3.63) is 35.1 Å². The van der Waals surface area contributed by atoms with Crippen molar-refractivity contribution in [1.82, 2.24) is 0 Å². The van der Waals surface area contributed by atoms with Crippen LogP contribution in [0.1, 0.15) is 57.1 Å². The largest absolute Gasteiger partial charge is 0.327 e. The SMILES string of the molecule is Cc1ccc(C2CC(C(C)(C)C)CCC2N)cc1F. The van der Waals surface area contributed by atoms with Gasteiger partial charge in [-0.25, -0.2) is 4.39 Å². The van der Waals surface area contributed by atoms with Gasteiger partial charge in [-0.05, 0) is 60.6 Å². The molecule has 0 aromatic heterocycles. The summed E-state index contributed by atoms with van der Waals surface area (Å²) in [5.74, 6) is 0.859. The van der Waals surface area contributed by atoms with Crippen LogP contribution in [0.4, 0.5) is 4.39 Å². The van der Waals surface area contributed by atoms with Crippen molar-refractivity contribution in [2.75, 3.05) is 0 Å². The zero-order chi connectivity index (χ0) is 14.2. The quantitative estimate of drug-likeness (QED) is 0.799. The lowest BCUT2D eigenvalue weighted by Crippen LogP contribution is -2.38. The molecule has 1 aromatic carbocycles. The second-order valence-corrected chi connectivity index (χ2v) is 7.15. The lowest BCUT2D eigenvalue weighted by molar-refractivity contribution is 0.154. The van der Waals surface area contributed by atoms with Crippen LogP contribution in [0, 0.1) is 24.1 Å². The van der Waals surface area contributed by atoms with Gasteiger partial charge in [0.1, 0.15) is 5.82 Å². The summed E-state index contributed by atoms with van der Waals surface area (Å²) in [4.78, 5) is 0. The van der Waals surface area contributed by atoms with E-state index in [9.17, 15) is 4.39 Å². The third-order valence-corrected chi connectivity index (χ3v) is 4.75. The Balaban J connectivity index is 2.23. The second kappa shape index (κ2) is 5.24. The monoisotopic (exact) mass is 263 g/mol. The van der Waals surface area contributed by atoms with Crippen LogP contribution < -0.4 is 5.73 Å². The van der Waals surface area contributed by atoms with Crippen molar-refractivity contribution in [3.63, 3.8) is 0 Å². The number of benzene rings is 1. The molecule has 0 heterocycles. The highest BCUT2D eigenvalue weighted by Gasteiger charge is 2.35. The van der Waals surface area contributed by atoms with Crippen molar-refractivity contribution in [2.45, 2.75) is 58.9 Å². The first kappa shape index (κ1) is 14.5. The molecular weight excluding hydrogens is 237 g/mol. The molecule has 106 valence electrons. The number of hydrogen-bond donors (Lipinski definition) is 1. The molecule has 1 saturated carbocycles. The zero-order valence-electron chi connectivity index (χ0n) is 12.5. The van der Waals surface area contributed by atoms with Gasteiger partial charge < -0.3 is 5.73 Å². The Bertz CT molecular complexity index is 447. The van der Waals surface area contributed by atoms with Gasteiger partial charge >= 0.3 is 0 Å². The maximum Gasteiger partial charge on any atom is 0.126 e. The van der Waals surface area contributed by atoms with Crippen molar-refractivity contribution in [2.24, 2.45) is 17.1 Å². The van der Waals surface area contributed by atoms with Crippen LogP contribution in [-0.4, -0.2) is 6.04 Å². The predicted octanol–water partition coefficient (Wildman–Crippen LogP) is 4.39. The van der Waals surface area contributed by atoms with E-state index in [1.165, 1.54) is 6.42 Å². The molecule has 0 aliphatic heterocycles. The molecule has 0 radical (unpaired) electrons. The van der Waals surface area contributed by atoms with Gasteiger partial charge in [-0.2, -0.15) is 0 Å². The van der Waals surface area contributed by atoms with Crippen LogP contribution in [0.2, 0.25) is 0 Å². The molecular formula is C17H26FN. The smallest absolute Gasteiger partial charge is 0.126 e. The van der Waals surface area contributed by atoms with Crippen molar-refractivity contribution >= 4 is 0 Å². The highest BCUT2D eigenvalue weighted by Crippen LogP contribution is 2.43. The van der Waals surface area contributed by atoms with E-state index in [0.717, 1.165) is 18.4 Å². The lowest BCUT2D eigenvalue weighted by Gasteiger charge is -2.41. The number of rotatable bonds is 1. The minimum absolute atomic E-state index is 0.109.